The van der Waals surface area contributed by atoms with E-state index in [1.54, 1.807) is 14.2 Å². The van der Waals surface area contributed by atoms with Gasteiger partial charge in [-0.3, -0.25) is 4.79 Å². The molecule has 94 valence electrons. The van der Waals surface area contributed by atoms with Crippen molar-refractivity contribution in [3.63, 3.8) is 0 Å². The van der Waals surface area contributed by atoms with Gasteiger partial charge in [0.15, 0.2) is 11.5 Å². The Morgan fingerprint density at radius 2 is 1.82 bits per heavy atom. The van der Waals surface area contributed by atoms with Crippen LogP contribution in [0, 0.1) is 0 Å². The summed E-state index contributed by atoms with van der Waals surface area (Å²) in [6, 6.07) is 3.58. The third-order valence-corrected chi connectivity index (χ3v) is 3.08. The minimum absolute atomic E-state index is 0.0702. The molecule has 0 radical (unpaired) electrons. The van der Waals surface area contributed by atoms with Gasteiger partial charge in [0.25, 0.3) is 0 Å². The molecule has 0 heterocycles. The minimum atomic E-state index is -0.0957. The van der Waals surface area contributed by atoms with Crippen LogP contribution in [0.15, 0.2) is 16.6 Å². The fraction of sp³-hybridized carbons (Fsp3) is 0.417. The van der Waals surface area contributed by atoms with E-state index in [1.165, 1.54) is 6.92 Å². The molecular formula is C12H16BrNO3. The highest BCUT2D eigenvalue weighted by Crippen LogP contribution is 2.35. The number of amides is 1. The summed E-state index contributed by atoms with van der Waals surface area (Å²) in [5, 5.41) is 2.82. The number of carbonyl (C=O) groups excluding carboxylic acids is 1. The first-order valence-electron chi connectivity index (χ1n) is 5.18. The van der Waals surface area contributed by atoms with E-state index >= 15 is 0 Å². The van der Waals surface area contributed by atoms with Gasteiger partial charge in [-0.2, -0.15) is 0 Å². The zero-order valence-electron chi connectivity index (χ0n) is 10.3. The van der Waals surface area contributed by atoms with E-state index in [4.69, 9.17) is 9.47 Å². The van der Waals surface area contributed by atoms with E-state index < -0.39 is 0 Å². The van der Waals surface area contributed by atoms with Crippen molar-refractivity contribution in [2.45, 2.75) is 19.9 Å². The van der Waals surface area contributed by atoms with E-state index in [2.05, 4.69) is 21.2 Å². The smallest absolute Gasteiger partial charge is 0.217 e. The Kier molecular flexibility index (Phi) is 4.81. The number of hydrogen-bond acceptors (Lipinski definition) is 3. The number of nitrogens with one attached hydrogen (secondary N) is 1. The van der Waals surface area contributed by atoms with Gasteiger partial charge in [-0.15, -0.1) is 0 Å². The van der Waals surface area contributed by atoms with E-state index in [0.717, 1.165) is 10.0 Å². The second kappa shape index (κ2) is 5.91. The van der Waals surface area contributed by atoms with Crippen molar-refractivity contribution < 1.29 is 14.3 Å². The summed E-state index contributed by atoms with van der Waals surface area (Å²) < 4.78 is 11.3. The summed E-state index contributed by atoms with van der Waals surface area (Å²) in [5.41, 5.74) is 0.942. The van der Waals surface area contributed by atoms with E-state index in [1.807, 2.05) is 19.1 Å². The van der Waals surface area contributed by atoms with Gasteiger partial charge in [-0.05, 0) is 24.6 Å². The van der Waals surface area contributed by atoms with Crippen LogP contribution < -0.4 is 14.8 Å². The van der Waals surface area contributed by atoms with E-state index in [9.17, 15) is 4.79 Å². The number of hydrogen-bond donors (Lipinski definition) is 1. The lowest BCUT2D eigenvalue weighted by molar-refractivity contribution is -0.119. The average Bonchev–Trinajstić information content (AvgIpc) is 2.27. The van der Waals surface area contributed by atoms with Gasteiger partial charge in [-0.1, -0.05) is 15.9 Å². The molecule has 0 spiro atoms. The number of methoxy groups -OCH3 is 2. The number of halogens is 1. The van der Waals surface area contributed by atoms with Crippen LogP contribution in [0.25, 0.3) is 0 Å². The Labute approximate surface area is 109 Å². The molecule has 0 aliphatic rings. The third kappa shape index (κ3) is 3.36. The van der Waals surface area contributed by atoms with Crippen LogP contribution in [-0.4, -0.2) is 20.1 Å². The monoisotopic (exact) mass is 301 g/mol. The summed E-state index contributed by atoms with van der Waals surface area (Å²) >= 11 is 3.45. The Morgan fingerprint density at radius 1 is 1.29 bits per heavy atom. The van der Waals surface area contributed by atoms with Crippen molar-refractivity contribution in [2.75, 3.05) is 14.2 Å². The number of ether oxygens (including phenoxy) is 2. The molecule has 1 unspecified atom stereocenters. The maximum Gasteiger partial charge on any atom is 0.217 e. The second-order valence-electron chi connectivity index (χ2n) is 3.65. The molecule has 1 atom stereocenters. The van der Waals surface area contributed by atoms with Gasteiger partial charge in [0.2, 0.25) is 5.91 Å². The molecule has 0 fully saturated rings. The molecule has 0 bridgehead atoms. The Hall–Kier alpha value is -1.23. The summed E-state index contributed by atoms with van der Waals surface area (Å²) in [7, 11) is 3.17. The number of carbonyl (C=O) groups is 1. The summed E-state index contributed by atoms with van der Waals surface area (Å²) in [6.45, 7) is 3.40. The van der Waals surface area contributed by atoms with Gasteiger partial charge in [0, 0.05) is 11.4 Å². The largest absolute Gasteiger partial charge is 0.493 e. The lowest BCUT2D eigenvalue weighted by atomic mass is 10.1. The molecule has 5 heteroatoms. The molecule has 17 heavy (non-hydrogen) atoms. The first kappa shape index (κ1) is 13.8. The lowest BCUT2D eigenvalue weighted by Gasteiger charge is -2.17. The highest BCUT2D eigenvalue weighted by atomic mass is 79.9. The van der Waals surface area contributed by atoms with Gasteiger partial charge < -0.3 is 14.8 Å². The third-order valence-electron chi connectivity index (χ3n) is 2.39. The first-order chi connectivity index (χ1) is 7.99. The normalized spacial score (nSPS) is 11.8. The van der Waals surface area contributed by atoms with E-state index in [-0.39, 0.29) is 11.9 Å². The molecule has 0 saturated heterocycles. The number of rotatable bonds is 4. The molecule has 0 saturated carbocycles. The minimum Gasteiger partial charge on any atom is -0.493 e. The fourth-order valence-electron chi connectivity index (χ4n) is 1.58. The highest BCUT2D eigenvalue weighted by Gasteiger charge is 2.15. The molecule has 1 N–H and O–H groups in total. The molecule has 4 nitrogen and oxygen atoms in total. The molecule has 0 aliphatic heterocycles. The quantitative estimate of drug-likeness (QED) is 0.930. The maximum atomic E-state index is 11.0. The van der Waals surface area contributed by atoms with E-state index in [0.29, 0.717) is 11.5 Å². The number of benzene rings is 1. The van der Waals surface area contributed by atoms with Crippen LogP contribution in [0.1, 0.15) is 25.5 Å². The molecule has 0 aromatic heterocycles. The van der Waals surface area contributed by atoms with Crippen LogP contribution in [0.3, 0.4) is 0 Å². The molecular weight excluding hydrogens is 286 g/mol. The lowest BCUT2D eigenvalue weighted by Crippen LogP contribution is -2.23. The topological polar surface area (TPSA) is 47.6 Å². The van der Waals surface area contributed by atoms with Crippen molar-refractivity contribution in [1.82, 2.24) is 5.32 Å². The Balaban J connectivity index is 3.11. The predicted octanol–water partition coefficient (Wildman–Crippen LogP) is 2.66. The molecule has 1 aromatic carbocycles. The van der Waals surface area contributed by atoms with Gasteiger partial charge >= 0.3 is 0 Å². The fourth-order valence-corrected chi connectivity index (χ4v) is 2.25. The van der Waals surface area contributed by atoms with Crippen molar-refractivity contribution in [3.8, 4) is 11.5 Å². The van der Waals surface area contributed by atoms with Crippen molar-refractivity contribution >= 4 is 21.8 Å². The van der Waals surface area contributed by atoms with Gasteiger partial charge in [0.05, 0.1) is 20.3 Å². The first-order valence-corrected chi connectivity index (χ1v) is 5.97. The van der Waals surface area contributed by atoms with Crippen LogP contribution in [0.4, 0.5) is 0 Å². The van der Waals surface area contributed by atoms with Crippen LogP contribution in [0.5, 0.6) is 11.5 Å². The van der Waals surface area contributed by atoms with Crippen molar-refractivity contribution in [3.05, 3.63) is 22.2 Å². The maximum absolute atomic E-state index is 11.0. The standard InChI is InChI=1S/C12H16BrNO3/c1-7(14-8(2)15)9-5-11(16-3)12(17-4)6-10(9)13/h5-7H,1-4H3,(H,14,15). The zero-order valence-corrected chi connectivity index (χ0v) is 11.9. The van der Waals surface area contributed by atoms with Gasteiger partial charge in [-0.25, -0.2) is 0 Å². The van der Waals surface area contributed by atoms with Crippen LogP contribution >= 0.6 is 15.9 Å². The summed E-state index contributed by atoms with van der Waals surface area (Å²) in [4.78, 5) is 11.0. The molecule has 1 rings (SSSR count). The van der Waals surface area contributed by atoms with Crippen LogP contribution in [-0.2, 0) is 4.79 Å². The Morgan fingerprint density at radius 3 is 2.29 bits per heavy atom. The van der Waals surface area contributed by atoms with Crippen molar-refractivity contribution in [1.29, 1.82) is 0 Å². The summed E-state index contributed by atoms with van der Waals surface area (Å²) in [5.74, 6) is 1.22. The average molecular weight is 302 g/mol. The summed E-state index contributed by atoms with van der Waals surface area (Å²) in [6.07, 6.45) is 0. The van der Waals surface area contributed by atoms with Gasteiger partial charge in [0.1, 0.15) is 0 Å². The zero-order chi connectivity index (χ0) is 13.0. The molecule has 1 amide bonds. The molecule has 1 aromatic rings. The second-order valence-corrected chi connectivity index (χ2v) is 4.51. The molecule has 0 aliphatic carbocycles. The Bertz CT molecular complexity index is 420. The highest BCUT2D eigenvalue weighted by molar-refractivity contribution is 9.10. The van der Waals surface area contributed by atoms with Crippen LogP contribution in [0.2, 0.25) is 0 Å². The SMILES string of the molecule is COc1cc(Br)c(C(C)NC(C)=O)cc1OC. The predicted molar refractivity (Wildman–Crippen MR) is 69.5 cm³/mol. The van der Waals surface area contributed by atoms with Crippen molar-refractivity contribution in [2.24, 2.45) is 0 Å².